The molecule has 3 rings (SSSR count). The minimum absolute atomic E-state index is 0.0707. The number of aromatic nitrogens is 1. The van der Waals surface area contributed by atoms with Crippen LogP contribution < -0.4 is 5.32 Å². The van der Waals surface area contributed by atoms with Crippen LogP contribution in [-0.2, 0) is 16.1 Å². The number of pyridine rings is 1. The molecule has 0 saturated carbocycles. The summed E-state index contributed by atoms with van der Waals surface area (Å²) in [5.74, 6) is -0.322. The molecule has 0 unspecified atom stereocenters. The molecule has 1 saturated heterocycles. The summed E-state index contributed by atoms with van der Waals surface area (Å²) < 4.78 is 5.71. The van der Waals surface area contributed by atoms with Crippen molar-refractivity contribution in [1.82, 2.24) is 9.88 Å². The number of nitrogens with zero attached hydrogens (tertiary/aromatic N) is 2. The first-order valence-electron chi connectivity index (χ1n) is 6.99. The fourth-order valence-electron chi connectivity index (χ4n) is 2.43. The minimum Gasteiger partial charge on any atom is -0.504 e. The lowest BCUT2D eigenvalue weighted by atomic mass is 10.1. The summed E-state index contributed by atoms with van der Waals surface area (Å²) in [7, 11) is 0. The highest BCUT2D eigenvalue weighted by atomic mass is 79.9. The van der Waals surface area contributed by atoms with Crippen molar-refractivity contribution >= 4 is 33.6 Å². The second-order valence-corrected chi connectivity index (χ2v) is 6.06. The predicted molar refractivity (Wildman–Crippen MR) is 84.5 cm³/mol. The second-order valence-electron chi connectivity index (χ2n) is 5.25. The first-order valence-corrected chi connectivity index (χ1v) is 7.79. The van der Waals surface area contributed by atoms with E-state index in [2.05, 4.69) is 26.2 Å². The molecule has 2 aromatic heterocycles. The Morgan fingerprint density at radius 2 is 2.30 bits per heavy atom. The highest BCUT2D eigenvalue weighted by Gasteiger charge is 2.35. The fraction of sp³-hybridized carbons (Fsp3) is 0.267. The van der Waals surface area contributed by atoms with Crippen molar-refractivity contribution in [2.75, 3.05) is 11.9 Å². The fourth-order valence-corrected chi connectivity index (χ4v) is 2.74. The van der Waals surface area contributed by atoms with Crippen LogP contribution >= 0.6 is 15.9 Å². The van der Waals surface area contributed by atoms with E-state index in [-0.39, 0.29) is 29.8 Å². The van der Waals surface area contributed by atoms with Gasteiger partial charge in [-0.1, -0.05) is 0 Å². The van der Waals surface area contributed by atoms with Gasteiger partial charge in [0.05, 0.1) is 18.7 Å². The number of amides is 2. The summed E-state index contributed by atoms with van der Waals surface area (Å²) in [4.78, 5) is 29.9. The van der Waals surface area contributed by atoms with Crippen LogP contribution in [0.4, 0.5) is 5.82 Å². The Kier molecular flexibility index (Phi) is 4.33. The molecule has 1 aliphatic heterocycles. The molecule has 2 N–H and O–H groups in total. The summed E-state index contributed by atoms with van der Waals surface area (Å²) >= 11 is 3.18. The van der Waals surface area contributed by atoms with Crippen LogP contribution in [0.15, 0.2) is 39.5 Å². The number of furan rings is 1. The smallest absolute Gasteiger partial charge is 0.231 e. The lowest BCUT2D eigenvalue weighted by molar-refractivity contribution is -0.128. The van der Waals surface area contributed by atoms with Gasteiger partial charge < -0.3 is 19.7 Å². The summed E-state index contributed by atoms with van der Waals surface area (Å²) in [6.07, 6.45) is 1.67. The monoisotopic (exact) mass is 379 g/mol. The molecule has 3 heterocycles. The molecule has 120 valence electrons. The molecule has 2 amide bonds. The normalized spacial score (nSPS) is 17.5. The van der Waals surface area contributed by atoms with E-state index in [9.17, 15) is 14.7 Å². The number of likely N-dealkylation sites (tertiary alicyclic amines) is 1. The molecule has 1 atom stereocenters. The molecule has 8 heteroatoms. The van der Waals surface area contributed by atoms with E-state index < -0.39 is 5.92 Å². The van der Waals surface area contributed by atoms with E-state index in [1.165, 1.54) is 6.07 Å². The molecular weight excluding hydrogens is 366 g/mol. The number of aromatic hydroxyl groups is 1. The van der Waals surface area contributed by atoms with Gasteiger partial charge in [0.15, 0.2) is 11.6 Å². The average Bonchev–Trinajstić information content (AvgIpc) is 3.14. The molecule has 23 heavy (non-hydrogen) atoms. The third-order valence-corrected chi connectivity index (χ3v) is 4.04. The molecule has 0 radical (unpaired) electrons. The van der Waals surface area contributed by atoms with Gasteiger partial charge in [-0.2, -0.15) is 0 Å². The van der Waals surface area contributed by atoms with Crippen molar-refractivity contribution in [3.8, 4) is 5.75 Å². The van der Waals surface area contributed by atoms with E-state index >= 15 is 0 Å². The Hall–Kier alpha value is -2.35. The Morgan fingerprint density at radius 3 is 3.04 bits per heavy atom. The van der Waals surface area contributed by atoms with Crippen LogP contribution in [0.3, 0.4) is 0 Å². The largest absolute Gasteiger partial charge is 0.504 e. The number of hydrogen-bond acceptors (Lipinski definition) is 5. The third-order valence-electron chi connectivity index (χ3n) is 3.59. The number of anilines is 1. The van der Waals surface area contributed by atoms with E-state index in [0.717, 1.165) is 0 Å². The number of hydrogen-bond donors (Lipinski definition) is 2. The first-order chi connectivity index (χ1) is 11.0. The summed E-state index contributed by atoms with van der Waals surface area (Å²) in [5.41, 5.74) is 0. The van der Waals surface area contributed by atoms with Crippen molar-refractivity contribution in [2.45, 2.75) is 13.0 Å². The van der Waals surface area contributed by atoms with Crippen LogP contribution in [0.2, 0.25) is 0 Å². The molecule has 0 aliphatic carbocycles. The SMILES string of the molecule is O=C(Nc1nc(Br)ccc1O)[C@H]1CC(=O)N(Cc2ccco2)C1. The molecule has 0 bridgehead atoms. The van der Waals surface area contributed by atoms with Crippen LogP contribution in [0, 0.1) is 5.92 Å². The standard InChI is InChI=1S/C15H14BrN3O4/c16-12-4-3-11(20)14(17-12)18-15(22)9-6-13(21)19(7-9)8-10-2-1-5-23-10/h1-5,9,20H,6-8H2,(H,17,18,22)/t9-/m0/s1. The zero-order chi connectivity index (χ0) is 16.4. The molecule has 1 aliphatic rings. The quantitative estimate of drug-likeness (QED) is 0.793. The highest BCUT2D eigenvalue weighted by Crippen LogP contribution is 2.26. The van der Waals surface area contributed by atoms with E-state index in [1.54, 1.807) is 29.4 Å². The molecule has 1 fully saturated rings. The molecule has 0 aromatic carbocycles. The van der Waals surface area contributed by atoms with Gasteiger partial charge in [-0.05, 0) is 40.2 Å². The predicted octanol–water partition coefficient (Wildman–Crippen LogP) is 2.13. The van der Waals surface area contributed by atoms with Gasteiger partial charge in [0.1, 0.15) is 10.4 Å². The van der Waals surface area contributed by atoms with Crippen molar-refractivity contribution in [3.05, 3.63) is 40.9 Å². The van der Waals surface area contributed by atoms with Gasteiger partial charge in [-0.3, -0.25) is 9.59 Å². The number of carbonyl (C=O) groups is 2. The number of rotatable bonds is 4. The first kappa shape index (κ1) is 15.5. The zero-order valence-corrected chi connectivity index (χ0v) is 13.6. The van der Waals surface area contributed by atoms with Crippen molar-refractivity contribution in [1.29, 1.82) is 0 Å². The second kappa shape index (κ2) is 6.41. The van der Waals surface area contributed by atoms with Crippen molar-refractivity contribution in [2.24, 2.45) is 5.92 Å². The third kappa shape index (κ3) is 3.53. The Bertz CT molecular complexity index is 732. The maximum atomic E-state index is 12.3. The van der Waals surface area contributed by atoms with E-state index in [1.807, 2.05) is 0 Å². The van der Waals surface area contributed by atoms with Gasteiger partial charge in [-0.25, -0.2) is 4.98 Å². The molecular formula is C15H14BrN3O4. The van der Waals surface area contributed by atoms with Gasteiger partial charge >= 0.3 is 0 Å². The maximum Gasteiger partial charge on any atom is 0.231 e. The average molecular weight is 380 g/mol. The van der Waals surface area contributed by atoms with Gasteiger partial charge in [0, 0.05) is 13.0 Å². The lowest BCUT2D eigenvalue weighted by Crippen LogP contribution is -2.28. The molecule has 0 spiro atoms. The van der Waals surface area contributed by atoms with Gasteiger partial charge in [-0.15, -0.1) is 0 Å². The van der Waals surface area contributed by atoms with Crippen LogP contribution in [-0.4, -0.2) is 33.3 Å². The Labute approximate surface area is 140 Å². The minimum atomic E-state index is -0.488. The van der Waals surface area contributed by atoms with Crippen LogP contribution in [0.1, 0.15) is 12.2 Å². The number of nitrogens with one attached hydrogen (secondary N) is 1. The van der Waals surface area contributed by atoms with Gasteiger partial charge in [0.2, 0.25) is 11.8 Å². The zero-order valence-electron chi connectivity index (χ0n) is 12.0. The lowest BCUT2D eigenvalue weighted by Gasteiger charge is -2.15. The Balaban J connectivity index is 1.64. The Morgan fingerprint density at radius 1 is 1.48 bits per heavy atom. The summed E-state index contributed by atoms with van der Waals surface area (Å²) in [5, 5.41) is 12.3. The summed E-state index contributed by atoms with van der Waals surface area (Å²) in [6.45, 7) is 0.649. The van der Waals surface area contributed by atoms with E-state index in [0.29, 0.717) is 23.5 Å². The van der Waals surface area contributed by atoms with Crippen molar-refractivity contribution in [3.63, 3.8) is 0 Å². The van der Waals surface area contributed by atoms with E-state index in [4.69, 9.17) is 4.42 Å². The molecule has 7 nitrogen and oxygen atoms in total. The van der Waals surface area contributed by atoms with Crippen LogP contribution in [0.25, 0.3) is 0 Å². The highest BCUT2D eigenvalue weighted by molar-refractivity contribution is 9.10. The molecule has 2 aromatic rings. The van der Waals surface area contributed by atoms with Crippen LogP contribution in [0.5, 0.6) is 5.75 Å². The number of halogens is 1. The van der Waals surface area contributed by atoms with Crippen molar-refractivity contribution < 1.29 is 19.1 Å². The topological polar surface area (TPSA) is 95.7 Å². The number of carbonyl (C=O) groups excluding carboxylic acids is 2. The summed E-state index contributed by atoms with van der Waals surface area (Å²) in [6, 6.07) is 6.52. The van der Waals surface area contributed by atoms with Gasteiger partial charge in [0.25, 0.3) is 0 Å². The maximum absolute atomic E-state index is 12.3.